The van der Waals surface area contributed by atoms with Gasteiger partial charge in [0.15, 0.2) is 0 Å². The van der Waals surface area contributed by atoms with Crippen molar-refractivity contribution in [2.24, 2.45) is 0 Å². The first-order chi connectivity index (χ1) is 12.7. The van der Waals surface area contributed by atoms with Crippen molar-refractivity contribution < 1.29 is 19.1 Å². The number of nitrogens with zero attached hydrogens (tertiary/aromatic N) is 2. The highest BCUT2D eigenvalue weighted by Gasteiger charge is 2.19. The summed E-state index contributed by atoms with van der Waals surface area (Å²) in [5, 5.41) is 2.83. The molecular formula is C19H21N3O4. The number of pyridine rings is 1. The van der Waals surface area contributed by atoms with Gasteiger partial charge in [0, 0.05) is 37.0 Å². The number of amides is 2. The topological polar surface area (TPSA) is 80.8 Å². The number of rotatable bonds is 6. The van der Waals surface area contributed by atoms with Gasteiger partial charge in [0.05, 0.1) is 19.9 Å². The lowest BCUT2D eigenvalue weighted by Gasteiger charge is -2.26. The minimum atomic E-state index is -0.318. The van der Waals surface area contributed by atoms with Gasteiger partial charge in [0.25, 0.3) is 5.91 Å². The van der Waals surface area contributed by atoms with E-state index in [1.165, 1.54) is 0 Å². The molecule has 2 amide bonds. The largest absolute Gasteiger partial charge is 0.494 e. The van der Waals surface area contributed by atoms with Gasteiger partial charge in [0.2, 0.25) is 0 Å². The minimum absolute atomic E-state index is 0.177. The number of methoxy groups -OCH3 is 1. The molecule has 0 unspecified atom stereocenters. The fourth-order valence-corrected chi connectivity index (χ4v) is 2.79. The summed E-state index contributed by atoms with van der Waals surface area (Å²) in [6, 6.07) is 9.13. The molecule has 1 aliphatic rings. The molecule has 26 heavy (non-hydrogen) atoms. The van der Waals surface area contributed by atoms with E-state index in [2.05, 4.69) is 10.3 Å². The summed E-state index contributed by atoms with van der Waals surface area (Å²) >= 11 is 0. The van der Waals surface area contributed by atoms with Gasteiger partial charge < -0.3 is 19.7 Å². The average Bonchev–Trinajstić information content (AvgIpc) is 2.69. The lowest BCUT2D eigenvalue weighted by Crippen LogP contribution is -2.42. The Bertz CT molecular complexity index is 777. The van der Waals surface area contributed by atoms with Gasteiger partial charge in [-0.05, 0) is 30.2 Å². The first-order valence-electron chi connectivity index (χ1n) is 8.47. The highest BCUT2D eigenvalue weighted by atomic mass is 16.6. The van der Waals surface area contributed by atoms with Crippen LogP contribution in [-0.2, 0) is 4.74 Å². The van der Waals surface area contributed by atoms with E-state index in [1.807, 2.05) is 18.2 Å². The number of hydrogen-bond acceptors (Lipinski definition) is 5. The second-order valence-electron chi connectivity index (χ2n) is 5.86. The standard InChI is InChI=1S/C19H21N3O4/c1-25-17-13-20-8-7-16(17)14-3-5-15(6-4-14)18(23)21-9-11-22-10-2-12-26-19(22)24/h3-8,13H,2,9-12H2,1H3,(H,21,23). The van der Waals surface area contributed by atoms with Crippen LogP contribution in [-0.4, -0.2) is 55.2 Å². The van der Waals surface area contributed by atoms with E-state index in [-0.39, 0.29) is 12.0 Å². The van der Waals surface area contributed by atoms with Crippen LogP contribution < -0.4 is 10.1 Å². The number of carbonyl (C=O) groups is 2. The molecule has 1 aromatic carbocycles. The maximum Gasteiger partial charge on any atom is 0.409 e. The number of hydrogen-bond donors (Lipinski definition) is 1. The molecule has 136 valence electrons. The van der Waals surface area contributed by atoms with Crippen LogP contribution in [0.1, 0.15) is 16.8 Å². The van der Waals surface area contributed by atoms with Crippen molar-refractivity contribution in [2.45, 2.75) is 6.42 Å². The Morgan fingerprint density at radius 1 is 1.31 bits per heavy atom. The molecule has 0 saturated carbocycles. The summed E-state index contributed by atoms with van der Waals surface area (Å²) in [7, 11) is 1.60. The van der Waals surface area contributed by atoms with Crippen LogP contribution in [0.3, 0.4) is 0 Å². The predicted octanol–water partition coefficient (Wildman–Crippen LogP) is 2.33. The third-order valence-corrected chi connectivity index (χ3v) is 4.19. The molecule has 1 aromatic heterocycles. The molecule has 7 nitrogen and oxygen atoms in total. The van der Waals surface area contributed by atoms with Crippen LogP contribution in [0.15, 0.2) is 42.7 Å². The first-order valence-corrected chi connectivity index (χ1v) is 8.47. The maximum absolute atomic E-state index is 12.3. The molecule has 2 heterocycles. The van der Waals surface area contributed by atoms with Crippen molar-refractivity contribution in [2.75, 3.05) is 33.4 Å². The lowest BCUT2D eigenvalue weighted by molar-refractivity contribution is 0.0719. The number of benzene rings is 1. The molecule has 1 N–H and O–H groups in total. The third-order valence-electron chi connectivity index (χ3n) is 4.19. The molecule has 1 fully saturated rings. The zero-order valence-corrected chi connectivity index (χ0v) is 14.6. The first kappa shape index (κ1) is 17.7. The van der Waals surface area contributed by atoms with E-state index >= 15 is 0 Å². The van der Waals surface area contributed by atoms with Crippen molar-refractivity contribution in [3.05, 3.63) is 48.3 Å². The Balaban J connectivity index is 1.58. The molecule has 0 atom stereocenters. The summed E-state index contributed by atoms with van der Waals surface area (Å²) in [6.07, 6.45) is 3.85. The maximum atomic E-state index is 12.3. The Labute approximate surface area is 151 Å². The highest BCUT2D eigenvalue weighted by molar-refractivity contribution is 5.94. The fraction of sp³-hybridized carbons (Fsp3) is 0.316. The molecular weight excluding hydrogens is 334 g/mol. The van der Waals surface area contributed by atoms with Crippen LogP contribution in [0.5, 0.6) is 5.75 Å². The zero-order chi connectivity index (χ0) is 18.4. The summed E-state index contributed by atoms with van der Waals surface area (Å²) < 4.78 is 10.3. The molecule has 0 radical (unpaired) electrons. The summed E-state index contributed by atoms with van der Waals surface area (Å²) in [6.45, 7) is 1.96. The number of ether oxygens (including phenoxy) is 2. The lowest BCUT2D eigenvalue weighted by atomic mass is 10.0. The Morgan fingerprint density at radius 2 is 2.12 bits per heavy atom. The van der Waals surface area contributed by atoms with Crippen LogP contribution in [0.2, 0.25) is 0 Å². The second kappa shape index (κ2) is 8.33. The molecule has 1 aliphatic heterocycles. The van der Waals surface area contributed by atoms with Crippen molar-refractivity contribution in [3.63, 3.8) is 0 Å². The normalized spacial score (nSPS) is 13.9. The van der Waals surface area contributed by atoms with Gasteiger partial charge in [-0.1, -0.05) is 12.1 Å². The summed E-state index contributed by atoms with van der Waals surface area (Å²) in [4.78, 5) is 29.4. The minimum Gasteiger partial charge on any atom is -0.494 e. The molecule has 3 rings (SSSR count). The van der Waals surface area contributed by atoms with E-state index in [9.17, 15) is 9.59 Å². The SMILES string of the molecule is COc1cnccc1-c1ccc(C(=O)NCCN2CCCOC2=O)cc1. The monoisotopic (exact) mass is 355 g/mol. The van der Waals surface area contributed by atoms with Gasteiger partial charge in [-0.3, -0.25) is 9.78 Å². The van der Waals surface area contributed by atoms with Gasteiger partial charge in [-0.2, -0.15) is 0 Å². The van der Waals surface area contributed by atoms with Crippen LogP contribution in [0.4, 0.5) is 4.79 Å². The summed E-state index contributed by atoms with van der Waals surface area (Å²) in [5.74, 6) is 0.502. The Morgan fingerprint density at radius 3 is 2.85 bits per heavy atom. The molecule has 0 aliphatic carbocycles. The average molecular weight is 355 g/mol. The van der Waals surface area contributed by atoms with E-state index in [0.717, 1.165) is 17.5 Å². The molecule has 0 spiro atoms. The van der Waals surface area contributed by atoms with Gasteiger partial charge in [0.1, 0.15) is 5.75 Å². The predicted molar refractivity (Wildman–Crippen MR) is 96.1 cm³/mol. The number of nitrogens with one attached hydrogen (secondary N) is 1. The van der Waals surface area contributed by atoms with Crippen molar-refractivity contribution in [1.29, 1.82) is 0 Å². The van der Waals surface area contributed by atoms with Gasteiger partial charge in [-0.25, -0.2) is 4.79 Å². The Hall–Kier alpha value is -3.09. The Kier molecular flexibility index (Phi) is 5.68. The van der Waals surface area contributed by atoms with Crippen LogP contribution in [0, 0.1) is 0 Å². The van der Waals surface area contributed by atoms with Crippen molar-refractivity contribution >= 4 is 12.0 Å². The van der Waals surface area contributed by atoms with E-state index in [4.69, 9.17) is 9.47 Å². The fourth-order valence-electron chi connectivity index (χ4n) is 2.79. The number of aromatic nitrogens is 1. The van der Waals surface area contributed by atoms with Crippen molar-refractivity contribution in [1.82, 2.24) is 15.2 Å². The van der Waals surface area contributed by atoms with Gasteiger partial charge >= 0.3 is 6.09 Å². The summed E-state index contributed by atoms with van der Waals surface area (Å²) in [5.41, 5.74) is 2.41. The molecule has 7 heteroatoms. The van der Waals surface area contributed by atoms with E-state index < -0.39 is 0 Å². The third kappa shape index (κ3) is 4.11. The second-order valence-corrected chi connectivity index (χ2v) is 5.86. The molecule has 1 saturated heterocycles. The van der Waals surface area contributed by atoms with E-state index in [0.29, 0.717) is 37.6 Å². The molecule has 0 bridgehead atoms. The zero-order valence-electron chi connectivity index (χ0n) is 14.6. The quantitative estimate of drug-likeness (QED) is 0.860. The number of cyclic esters (lactones) is 1. The smallest absolute Gasteiger partial charge is 0.409 e. The van der Waals surface area contributed by atoms with Crippen molar-refractivity contribution in [3.8, 4) is 16.9 Å². The van der Waals surface area contributed by atoms with Crippen LogP contribution in [0.25, 0.3) is 11.1 Å². The number of carbonyl (C=O) groups excluding carboxylic acids is 2. The highest BCUT2D eigenvalue weighted by Crippen LogP contribution is 2.28. The van der Waals surface area contributed by atoms with Gasteiger partial charge in [-0.15, -0.1) is 0 Å². The van der Waals surface area contributed by atoms with E-state index in [1.54, 1.807) is 36.5 Å². The molecule has 2 aromatic rings. The van der Waals surface area contributed by atoms with Crippen LogP contribution >= 0.6 is 0 Å².